The van der Waals surface area contributed by atoms with Crippen LogP contribution in [0.25, 0.3) is 0 Å². The molecule has 9 heteroatoms. The van der Waals surface area contributed by atoms with Gasteiger partial charge in [-0.05, 0) is 50.5 Å². The SMILES string of the molecule is Cc1cc(N2C(=O)CN(S(C)(=O)=O)C[C@]2(C)C(=O)NC2CCCC2)ccc1Br. The second-order valence-electron chi connectivity index (χ2n) is 7.92. The van der Waals surface area contributed by atoms with Crippen LogP contribution in [0.4, 0.5) is 5.69 Å². The summed E-state index contributed by atoms with van der Waals surface area (Å²) in [5.74, 6) is -0.732. The number of carbonyl (C=O) groups is 2. The van der Waals surface area contributed by atoms with Crippen LogP contribution in [0.5, 0.6) is 0 Å². The van der Waals surface area contributed by atoms with Gasteiger partial charge in [-0.2, -0.15) is 4.31 Å². The molecule has 0 aromatic heterocycles. The molecule has 28 heavy (non-hydrogen) atoms. The molecule has 0 spiro atoms. The zero-order valence-corrected chi connectivity index (χ0v) is 18.8. The van der Waals surface area contributed by atoms with Crippen molar-refractivity contribution < 1.29 is 18.0 Å². The molecule has 1 saturated carbocycles. The van der Waals surface area contributed by atoms with Crippen molar-refractivity contribution in [3.05, 3.63) is 28.2 Å². The van der Waals surface area contributed by atoms with E-state index in [1.54, 1.807) is 13.0 Å². The van der Waals surface area contributed by atoms with Crippen LogP contribution in [-0.2, 0) is 19.6 Å². The monoisotopic (exact) mass is 471 g/mol. The number of halogens is 1. The van der Waals surface area contributed by atoms with Gasteiger partial charge in [-0.25, -0.2) is 8.42 Å². The van der Waals surface area contributed by atoms with E-state index < -0.39 is 21.5 Å². The lowest BCUT2D eigenvalue weighted by Gasteiger charge is -2.46. The van der Waals surface area contributed by atoms with Crippen LogP contribution in [-0.4, -0.2) is 55.5 Å². The van der Waals surface area contributed by atoms with E-state index in [1.807, 2.05) is 19.1 Å². The quantitative estimate of drug-likeness (QED) is 0.728. The summed E-state index contributed by atoms with van der Waals surface area (Å²) >= 11 is 3.45. The Hall–Kier alpha value is -1.45. The molecule has 2 fully saturated rings. The van der Waals surface area contributed by atoms with Gasteiger partial charge in [0.2, 0.25) is 21.8 Å². The zero-order chi connectivity index (χ0) is 20.7. The van der Waals surface area contributed by atoms with Gasteiger partial charge in [-0.3, -0.25) is 14.5 Å². The minimum Gasteiger partial charge on any atom is -0.351 e. The molecule has 3 rings (SSSR count). The van der Waals surface area contributed by atoms with Gasteiger partial charge in [0.25, 0.3) is 0 Å². The van der Waals surface area contributed by atoms with E-state index in [9.17, 15) is 18.0 Å². The molecule has 0 radical (unpaired) electrons. The average Bonchev–Trinajstić information content (AvgIpc) is 3.09. The predicted octanol–water partition coefficient (Wildman–Crippen LogP) is 2.18. The number of amides is 2. The smallest absolute Gasteiger partial charge is 0.247 e. The number of rotatable bonds is 4. The standard InChI is InChI=1S/C19H26BrN3O4S/c1-13-10-15(8-9-16(13)20)23-17(24)11-22(28(3,26)27)12-19(23,2)18(25)21-14-6-4-5-7-14/h8-10,14H,4-7,11-12H2,1-3H3,(H,21,25)/t19-/m1/s1. The average molecular weight is 472 g/mol. The van der Waals surface area contributed by atoms with Gasteiger partial charge in [0, 0.05) is 22.7 Å². The van der Waals surface area contributed by atoms with E-state index in [4.69, 9.17) is 0 Å². The van der Waals surface area contributed by atoms with Gasteiger partial charge in [-0.15, -0.1) is 0 Å². The second kappa shape index (κ2) is 7.76. The first kappa shape index (κ1) is 21.3. The van der Waals surface area contributed by atoms with Gasteiger partial charge in [0.15, 0.2) is 0 Å². The first-order valence-corrected chi connectivity index (χ1v) is 12.0. The molecule has 1 N–H and O–H groups in total. The van der Waals surface area contributed by atoms with Gasteiger partial charge < -0.3 is 5.32 Å². The molecule has 1 aromatic rings. The number of carbonyl (C=O) groups excluding carboxylic acids is 2. The van der Waals surface area contributed by atoms with Crippen molar-refractivity contribution in [2.45, 2.75) is 51.1 Å². The maximum absolute atomic E-state index is 13.3. The summed E-state index contributed by atoms with van der Waals surface area (Å²) in [6.45, 7) is 3.19. The Morgan fingerprint density at radius 3 is 2.50 bits per heavy atom. The Morgan fingerprint density at radius 1 is 1.29 bits per heavy atom. The van der Waals surface area contributed by atoms with Gasteiger partial charge in [0.05, 0.1) is 12.8 Å². The molecule has 1 saturated heterocycles. The number of benzene rings is 1. The Balaban J connectivity index is 2.02. The third-order valence-electron chi connectivity index (χ3n) is 5.59. The summed E-state index contributed by atoms with van der Waals surface area (Å²) in [5, 5.41) is 3.04. The number of nitrogens with zero attached hydrogens (tertiary/aromatic N) is 2. The summed E-state index contributed by atoms with van der Waals surface area (Å²) in [5.41, 5.74) is 0.179. The molecule has 1 aliphatic heterocycles. The molecule has 2 amide bonds. The molecular formula is C19H26BrN3O4S. The van der Waals surface area contributed by atoms with E-state index >= 15 is 0 Å². The maximum atomic E-state index is 13.3. The van der Waals surface area contributed by atoms with Crippen molar-refractivity contribution in [3.8, 4) is 0 Å². The van der Waals surface area contributed by atoms with Crippen LogP contribution >= 0.6 is 15.9 Å². The Bertz CT molecular complexity index is 898. The number of hydrogen-bond donors (Lipinski definition) is 1. The lowest BCUT2D eigenvalue weighted by molar-refractivity contribution is -0.133. The van der Waals surface area contributed by atoms with Gasteiger partial charge >= 0.3 is 0 Å². The Morgan fingerprint density at radius 2 is 1.93 bits per heavy atom. The van der Waals surface area contributed by atoms with E-state index in [0.717, 1.165) is 46.3 Å². The normalized spacial score (nSPS) is 24.6. The van der Waals surface area contributed by atoms with E-state index in [2.05, 4.69) is 21.2 Å². The lowest BCUT2D eigenvalue weighted by atomic mass is 9.93. The number of hydrogen-bond acceptors (Lipinski definition) is 4. The number of sulfonamides is 1. The van der Waals surface area contributed by atoms with Gasteiger partial charge in [-0.1, -0.05) is 28.8 Å². The number of piperazine rings is 1. The van der Waals surface area contributed by atoms with E-state index in [0.29, 0.717) is 5.69 Å². The highest BCUT2D eigenvalue weighted by molar-refractivity contribution is 9.10. The van der Waals surface area contributed by atoms with Crippen LogP contribution in [0.1, 0.15) is 38.2 Å². The van der Waals surface area contributed by atoms with E-state index in [1.165, 1.54) is 4.90 Å². The lowest BCUT2D eigenvalue weighted by Crippen LogP contribution is -2.70. The fourth-order valence-corrected chi connectivity index (χ4v) is 5.06. The molecule has 1 aliphatic carbocycles. The van der Waals surface area contributed by atoms with Crippen LogP contribution in [0.15, 0.2) is 22.7 Å². The number of aryl methyl sites for hydroxylation is 1. The summed E-state index contributed by atoms with van der Waals surface area (Å²) in [7, 11) is -3.61. The molecule has 0 bridgehead atoms. The van der Waals surface area contributed by atoms with E-state index in [-0.39, 0.29) is 25.0 Å². The molecule has 1 aromatic carbocycles. The van der Waals surface area contributed by atoms with Crippen molar-refractivity contribution in [2.24, 2.45) is 0 Å². The first-order valence-electron chi connectivity index (χ1n) is 9.37. The maximum Gasteiger partial charge on any atom is 0.247 e. The summed E-state index contributed by atoms with van der Waals surface area (Å²) in [4.78, 5) is 27.8. The second-order valence-corrected chi connectivity index (χ2v) is 10.8. The van der Waals surface area contributed by atoms with Crippen LogP contribution in [0.2, 0.25) is 0 Å². The van der Waals surface area contributed by atoms with Crippen LogP contribution in [0.3, 0.4) is 0 Å². The largest absolute Gasteiger partial charge is 0.351 e. The van der Waals surface area contributed by atoms with Crippen molar-refractivity contribution >= 4 is 43.5 Å². The fourth-order valence-electron chi connectivity index (χ4n) is 3.98. The predicted molar refractivity (Wildman–Crippen MR) is 112 cm³/mol. The first-order chi connectivity index (χ1) is 13.0. The minimum atomic E-state index is -3.61. The highest BCUT2D eigenvalue weighted by Crippen LogP contribution is 2.33. The molecule has 2 aliphatic rings. The molecule has 1 atom stereocenters. The van der Waals surface area contributed by atoms with Crippen LogP contribution < -0.4 is 10.2 Å². The van der Waals surface area contributed by atoms with Crippen molar-refractivity contribution in [3.63, 3.8) is 0 Å². The highest BCUT2D eigenvalue weighted by Gasteiger charge is 2.50. The van der Waals surface area contributed by atoms with Crippen molar-refractivity contribution in [1.82, 2.24) is 9.62 Å². The zero-order valence-electron chi connectivity index (χ0n) is 16.4. The van der Waals surface area contributed by atoms with Crippen molar-refractivity contribution in [2.75, 3.05) is 24.2 Å². The molecule has 0 unspecified atom stereocenters. The number of anilines is 1. The van der Waals surface area contributed by atoms with Crippen molar-refractivity contribution in [1.29, 1.82) is 0 Å². The molecule has 1 heterocycles. The number of nitrogens with one attached hydrogen (secondary N) is 1. The summed E-state index contributed by atoms with van der Waals surface area (Å²) < 4.78 is 26.3. The molecule has 154 valence electrons. The Labute approximate surface area is 174 Å². The fraction of sp³-hybridized carbons (Fsp3) is 0.579. The molecular weight excluding hydrogens is 446 g/mol. The third-order valence-corrected chi connectivity index (χ3v) is 7.67. The summed E-state index contributed by atoms with van der Waals surface area (Å²) in [6, 6.07) is 5.50. The highest BCUT2D eigenvalue weighted by atomic mass is 79.9. The Kier molecular flexibility index (Phi) is 5.89. The molecule has 7 nitrogen and oxygen atoms in total. The third kappa shape index (κ3) is 4.11. The topological polar surface area (TPSA) is 86.8 Å². The summed E-state index contributed by atoms with van der Waals surface area (Å²) in [6.07, 6.45) is 5.00. The van der Waals surface area contributed by atoms with Gasteiger partial charge in [0.1, 0.15) is 5.54 Å². The van der Waals surface area contributed by atoms with Crippen LogP contribution in [0, 0.1) is 6.92 Å². The minimum absolute atomic E-state index is 0.0709.